The van der Waals surface area contributed by atoms with Crippen LogP contribution in [0.25, 0.3) is 11.3 Å². The number of aromatic nitrogens is 1. The minimum absolute atomic E-state index is 0.0145. The number of ether oxygens (including phenoxy) is 1. The van der Waals surface area contributed by atoms with E-state index in [1.54, 1.807) is 24.3 Å². The number of hydrogen-bond acceptors (Lipinski definition) is 7. The van der Waals surface area contributed by atoms with Gasteiger partial charge in [0, 0.05) is 20.7 Å². The SMILES string of the molecule is C[C@](N)(COP(=O)(O)O)c1nc(-c2ccc(Sc3cccc(OCc4ccccc4)c3)c(C(F)(F)F)c2)cs1. The molecule has 0 saturated heterocycles. The van der Waals surface area contributed by atoms with Crippen molar-refractivity contribution in [3.63, 3.8) is 0 Å². The third-order valence-corrected chi connectivity index (χ3v) is 8.04. The minimum atomic E-state index is -4.75. The molecule has 1 aromatic heterocycles. The number of halogens is 3. The third kappa shape index (κ3) is 8.15. The molecule has 0 amide bonds. The zero-order valence-electron chi connectivity index (χ0n) is 20.5. The van der Waals surface area contributed by atoms with Crippen LogP contribution in [-0.2, 0) is 27.4 Å². The molecule has 3 aromatic carbocycles. The van der Waals surface area contributed by atoms with Gasteiger partial charge in [-0.2, -0.15) is 13.2 Å². The summed E-state index contributed by atoms with van der Waals surface area (Å²) >= 11 is 2.03. The quantitative estimate of drug-likeness (QED) is 0.171. The number of nitrogens with zero attached hydrogens (tertiary/aromatic N) is 1. The molecule has 4 N–H and O–H groups in total. The zero-order chi connectivity index (χ0) is 28.3. The molecule has 0 aliphatic rings. The molecule has 0 aliphatic carbocycles. The number of phosphoric ester groups is 1. The lowest BCUT2D eigenvalue weighted by Gasteiger charge is -2.21. The first-order chi connectivity index (χ1) is 18.3. The van der Waals surface area contributed by atoms with E-state index in [1.807, 2.05) is 30.3 Å². The van der Waals surface area contributed by atoms with E-state index in [1.165, 1.54) is 24.4 Å². The Hall–Kier alpha value is -2.70. The van der Waals surface area contributed by atoms with E-state index in [0.717, 1.165) is 34.7 Å². The summed E-state index contributed by atoms with van der Waals surface area (Å²) in [5, 5.41) is 1.79. The Labute approximate surface area is 231 Å². The van der Waals surface area contributed by atoms with E-state index in [-0.39, 0.29) is 21.2 Å². The predicted octanol–water partition coefficient (Wildman–Crippen LogP) is 6.84. The first-order valence-corrected chi connectivity index (χ1v) is 14.6. The number of hydrogen-bond donors (Lipinski definition) is 3. The average molecular weight is 597 g/mol. The predicted molar refractivity (Wildman–Crippen MR) is 143 cm³/mol. The van der Waals surface area contributed by atoms with Crippen LogP contribution in [0.4, 0.5) is 13.2 Å². The second-order valence-corrected chi connectivity index (χ2v) is 12.0. The molecule has 4 rings (SSSR count). The largest absolute Gasteiger partial charge is 0.489 e. The van der Waals surface area contributed by atoms with Gasteiger partial charge in [0.05, 0.1) is 23.4 Å². The van der Waals surface area contributed by atoms with Crippen molar-refractivity contribution in [1.29, 1.82) is 0 Å². The minimum Gasteiger partial charge on any atom is -0.489 e. The fourth-order valence-corrected chi connectivity index (χ4v) is 5.77. The lowest BCUT2D eigenvalue weighted by Crippen LogP contribution is -2.37. The lowest BCUT2D eigenvalue weighted by molar-refractivity contribution is -0.139. The molecule has 1 heterocycles. The molecule has 0 bridgehead atoms. The fraction of sp³-hybridized carbons (Fsp3) is 0.192. The van der Waals surface area contributed by atoms with Crippen molar-refractivity contribution in [3.05, 3.63) is 94.3 Å². The summed E-state index contributed by atoms with van der Waals surface area (Å²) in [6, 6.07) is 20.4. The summed E-state index contributed by atoms with van der Waals surface area (Å²) in [5.74, 6) is 0.539. The molecule has 4 aromatic rings. The van der Waals surface area contributed by atoms with Crippen LogP contribution < -0.4 is 10.5 Å². The Balaban J connectivity index is 1.55. The molecule has 7 nitrogen and oxygen atoms in total. The molecule has 0 radical (unpaired) electrons. The molecular formula is C26H24F3N2O5PS2. The normalized spacial score (nSPS) is 13.7. The fourth-order valence-electron chi connectivity index (χ4n) is 3.44. The van der Waals surface area contributed by atoms with Crippen LogP contribution >= 0.6 is 30.9 Å². The Morgan fingerprint density at radius 3 is 2.49 bits per heavy atom. The average Bonchev–Trinajstić information content (AvgIpc) is 3.38. The second-order valence-electron chi connectivity index (χ2n) is 8.78. The van der Waals surface area contributed by atoms with E-state index < -0.39 is 31.7 Å². The van der Waals surface area contributed by atoms with E-state index in [4.69, 9.17) is 20.3 Å². The standard InChI is InChI=1S/C26H24F3N2O5PS2/c1-25(30,16-36-37(32,33)34)24-31-22(15-38-24)18-10-11-23(21(12-18)26(27,28)29)39-20-9-5-8-19(13-20)35-14-17-6-3-2-4-7-17/h2-13,15H,14,16,30H2,1H3,(H2,32,33,34)/t25-/m0/s1. The van der Waals surface area contributed by atoms with Crippen molar-refractivity contribution in [2.45, 2.75) is 35.0 Å². The number of thiazole rings is 1. The summed E-state index contributed by atoms with van der Waals surface area (Å²) < 4.78 is 63.5. The van der Waals surface area contributed by atoms with Gasteiger partial charge in [0.1, 0.15) is 17.4 Å². The van der Waals surface area contributed by atoms with Crippen LogP contribution in [0.2, 0.25) is 0 Å². The second kappa shape index (κ2) is 11.8. The Morgan fingerprint density at radius 1 is 1.05 bits per heavy atom. The Kier molecular flexibility index (Phi) is 8.87. The smallest absolute Gasteiger partial charge is 0.469 e. The van der Waals surface area contributed by atoms with Crippen LogP contribution in [-0.4, -0.2) is 21.4 Å². The maximum Gasteiger partial charge on any atom is 0.469 e. The topological polar surface area (TPSA) is 115 Å². The van der Waals surface area contributed by atoms with Gasteiger partial charge in [-0.1, -0.05) is 54.2 Å². The molecule has 13 heteroatoms. The van der Waals surface area contributed by atoms with Gasteiger partial charge in [-0.05, 0) is 42.8 Å². The van der Waals surface area contributed by atoms with Crippen LogP contribution in [0.15, 0.2) is 88.0 Å². The maximum absolute atomic E-state index is 14.1. The van der Waals surface area contributed by atoms with Gasteiger partial charge in [0.25, 0.3) is 0 Å². The van der Waals surface area contributed by atoms with Crippen molar-refractivity contribution in [1.82, 2.24) is 4.98 Å². The summed E-state index contributed by atoms with van der Waals surface area (Å²) in [4.78, 5) is 22.8. The van der Waals surface area contributed by atoms with Crippen molar-refractivity contribution in [3.8, 4) is 17.0 Å². The van der Waals surface area contributed by atoms with Gasteiger partial charge < -0.3 is 20.3 Å². The van der Waals surface area contributed by atoms with Gasteiger partial charge in [-0.3, -0.25) is 4.52 Å². The van der Waals surface area contributed by atoms with E-state index in [2.05, 4.69) is 9.51 Å². The third-order valence-electron chi connectivity index (χ3n) is 5.39. The van der Waals surface area contributed by atoms with Crippen molar-refractivity contribution >= 4 is 30.9 Å². The summed E-state index contributed by atoms with van der Waals surface area (Å²) in [5.41, 5.74) is 5.36. The van der Waals surface area contributed by atoms with Crippen LogP contribution in [0.1, 0.15) is 23.1 Å². The summed E-state index contributed by atoms with van der Waals surface area (Å²) in [7, 11) is -4.75. The monoisotopic (exact) mass is 596 g/mol. The highest BCUT2D eigenvalue weighted by molar-refractivity contribution is 7.99. The van der Waals surface area contributed by atoms with Gasteiger partial charge in [-0.25, -0.2) is 9.55 Å². The first-order valence-electron chi connectivity index (χ1n) is 11.4. The van der Waals surface area contributed by atoms with E-state index >= 15 is 0 Å². The highest BCUT2D eigenvalue weighted by atomic mass is 32.2. The zero-order valence-corrected chi connectivity index (χ0v) is 23.0. The van der Waals surface area contributed by atoms with Gasteiger partial charge in [0.15, 0.2) is 0 Å². The molecule has 0 spiro atoms. The Morgan fingerprint density at radius 2 is 1.79 bits per heavy atom. The van der Waals surface area contributed by atoms with Crippen molar-refractivity contribution < 1.29 is 36.8 Å². The molecule has 0 unspecified atom stereocenters. The van der Waals surface area contributed by atoms with Gasteiger partial charge in [-0.15, -0.1) is 11.3 Å². The number of benzene rings is 3. The maximum atomic E-state index is 14.1. The highest BCUT2D eigenvalue weighted by Crippen LogP contribution is 2.43. The molecule has 0 saturated carbocycles. The van der Waals surface area contributed by atoms with E-state index in [9.17, 15) is 17.7 Å². The molecule has 39 heavy (non-hydrogen) atoms. The van der Waals surface area contributed by atoms with Crippen LogP contribution in [0.5, 0.6) is 5.75 Å². The van der Waals surface area contributed by atoms with E-state index in [0.29, 0.717) is 17.3 Å². The first kappa shape index (κ1) is 29.3. The summed E-state index contributed by atoms with van der Waals surface area (Å²) in [6.45, 7) is 1.27. The highest BCUT2D eigenvalue weighted by Gasteiger charge is 2.35. The lowest BCUT2D eigenvalue weighted by atomic mass is 10.1. The van der Waals surface area contributed by atoms with Crippen molar-refractivity contribution in [2.75, 3.05) is 6.61 Å². The Bertz CT molecular complexity index is 1480. The molecule has 0 fully saturated rings. The molecule has 0 aliphatic heterocycles. The van der Waals surface area contributed by atoms with Gasteiger partial charge >= 0.3 is 14.0 Å². The van der Waals surface area contributed by atoms with Crippen LogP contribution in [0.3, 0.4) is 0 Å². The number of nitrogens with two attached hydrogens (primary N) is 1. The van der Waals surface area contributed by atoms with Crippen LogP contribution in [0, 0.1) is 0 Å². The van der Waals surface area contributed by atoms with Gasteiger partial charge in [0.2, 0.25) is 0 Å². The van der Waals surface area contributed by atoms with Crippen molar-refractivity contribution in [2.24, 2.45) is 5.73 Å². The number of rotatable bonds is 10. The summed E-state index contributed by atoms with van der Waals surface area (Å²) in [6.07, 6.45) is -4.63. The molecular weight excluding hydrogens is 572 g/mol. The number of phosphoric acid groups is 1. The molecule has 206 valence electrons. The molecule has 1 atom stereocenters. The number of alkyl halides is 3.